The molecule has 2 aromatic heterocycles. The zero-order chi connectivity index (χ0) is 30.1. The number of carbonyl (C=O) groups is 1. The van der Waals surface area contributed by atoms with E-state index in [1.807, 2.05) is 6.07 Å². The summed E-state index contributed by atoms with van der Waals surface area (Å²) in [6.07, 6.45) is -8.83. The topological polar surface area (TPSA) is 227 Å². The van der Waals surface area contributed by atoms with Gasteiger partial charge in [-0.1, -0.05) is 0 Å². The first-order valence-corrected chi connectivity index (χ1v) is 12.7. The molecule has 14 heteroatoms. The summed E-state index contributed by atoms with van der Waals surface area (Å²) in [6, 6.07) is 12.8. The number of hydrogen-bond acceptors (Lipinski definition) is 12. The van der Waals surface area contributed by atoms with Crippen LogP contribution in [0.5, 0.6) is 23.0 Å². The summed E-state index contributed by atoms with van der Waals surface area (Å²) in [4.78, 5) is 27.5. The molecule has 0 radical (unpaired) electrons. The summed E-state index contributed by atoms with van der Waals surface area (Å²) in [5.41, 5.74) is 6.40. The van der Waals surface area contributed by atoms with Crippen LogP contribution in [0.1, 0.15) is 5.69 Å². The van der Waals surface area contributed by atoms with Crippen molar-refractivity contribution >= 4 is 22.8 Å². The summed E-state index contributed by atoms with van der Waals surface area (Å²) in [5, 5.41) is 50.3. The predicted octanol–water partition coefficient (Wildman–Crippen LogP) is 0.977. The lowest BCUT2D eigenvalue weighted by atomic mass is 9.99. The highest BCUT2D eigenvalue weighted by Gasteiger charge is 2.48. The number of aliphatic hydroxyl groups is 3. The number of aliphatic carboxylic acids is 1. The molecule has 4 aromatic rings. The van der Waals surface area contributed by atoms with Crippen LogP contribution in [0.25, 0.3) is 22.3 Å². The van der Waals surface area contributed by atoms with Crippen LogP contribution in [0.3, 0.4) is 0 Å². The fourth-order valence-electron chi connectivity index (χ4n) is 4.56. The fraction of sp³-hybridized carbons (Fsp3) is 0.286. The summed E-state index contributed by atoms with van der Waals surface area (Å²) < 4.78 is 27.6. The van der Waals surface area contributed by atoms with Gasteiger partial charge in [-0.2, -0.15) is 0 Å². The van der Waals surface area contributed by atoms with E-state index in [9.17, 15) is 35.1 Å². The summed E-state index contributed by atoms with van der Waals surface area (Å²) in [6.45, 7) is 0.400. The summed E-state index contributed by atoms with van der Waals surface area (Å²) in [7, 11) is 1.18. The maximum atomic E-state index is 13.0. The number of rotatable bonds is 9. The average molecular weight is 585 g/mol. The van der Waals surface area contributed by atoms with E-state index in [0.29, 0.717) is 30.2 Å². The molecular weight excluding hydrogens is 556 g/mol. The van der Waals surface area contributed by atoms with Crippen molar-refractivity contribution in [3.63, 3.8) is 0 Å². The number of methoxy groups -OCH3 is 1. The minimum absolute atomic E-state index is 0.128. The lowest BCUT2D eigenvalue weighted by molar-refractivity contribution is -0.271. The Kier molecular flexibility index (Phi) is 7.95. The Morgan fingerprint density at radius 2 is 1.79 bits per heavy atom. The van der Waals surface area contributed by atoms with E-state index in [-0.39, 0.29) is 28.2 Å². The van der Waals surface area contributed by atoms with Gasteiger partial charge in [-0.3, -0.25) is 4.79 Å². The predicted molar refractivity (Wildman–Crippen MR) is 145 cm³/mol. The van der Waals surface area contributed by atoms with E-state index in [2.05, 4.69) is 4.98 Å². The van der Waals surface area contributed by atoms with Crippen LogP contribution in [0.2, 0.25) is 0 Å². The second-order valence-electron chi connectivity index (χ2n) is 9.52. The minimum Gasteiger partial charge on any atom is -0.504 e. The third kappa shape index (κ3) is 5.56. The van der Waals surface area contributed by atoms with Gasteiger partial charge in [0.05, 0.1) is 13.7 Å². The van der Waals surface area contributed by atoms with E-state index in [1.54, 1.807) is 30.3 Å². The largest absolute Gasteiger partial charge is 0.504 e. The lowest BCUT2D eigenvalue weighted by Crippen LogP contribution is -2.61. The molecule has 1 fully saturated rings. The Morgan fingerprint density at radius 1 is 1.05 bits per heavy atom. The van der Waals surface area contributed by atoms with E-state index in [1.165, 1.54) is 19.2 Å². The molecule has 1 saturated heterocycles. The maximum Gasteiger partial charge on any atom is 0.335 e. The Hall–Kier alpha value is -4.76. The lowest BCUT2D eigenvalue weighted by Gasteiger charge is -2.38. The minimum atomic E-state index is -1.93. The van der Waals surface area contributed by atoms with Gasteiger partial charge in [0.2, 0.25) is 12.0 Å². The van der Waals surface area contributed by atoms with Crippen molar-refractivity contribution in [3.8, 4) is 34.3 Å². The molecule has 14 nitrogen and oxygen atoms in total. The molecule has 3 heterocycles. The number of nitrogens with two attached hydrogens (primary N) is 1. The molecule has 1 aliphatic rings. The Morgan fingerprint density at radius 3 is 2.43 bits per heavy atom. The Bertz CT molecular complexity index is 1650. The fourth-order valence-corrected chi connectivity index (χ4v) is 4.56. The number of aliphatic hydroxyl groups excluding tert-OH is 3. The van der Waals surface area contributed by atoms with Crippen molar-refractivity contribution in [1.82, 2.24) is 4.98 Å². The number of carboxylic acids is 1. The third-order valence-corrected chi connectivity index (χ3v) is 6.72. The van der Waals surface area contributed by atoms with Gasteiger partial charge in [0, 0.05) is 29.8 Å². The number of carboxylic acid groups (broad SMARTS) is 1. The number of phenols is 1. The number of H-pyrrole nitrogens is 1. The number of ether oxygens (including phenoxy) is 4. The smallest absolute Gasteiger partial charge is 0.335 e. The standard InChI is InChI=1S/C28H28N2O12/c1-38-25-18(41-28-24(35)22(33)23(34)26(42-28)27(36)37)11-17-20(21(25)32)15(31)10-16(40-17)12-2-5-14(6-3-12)39-9-8-13-4-7-19(29)30-13/h2-7,10-11,22-24,26,28,30,32-35H,8-9,29H2,1H3,(H,36,37). The van der Waals surface area contributed by atoms with Crippen LogP contribution < -0.4 is 25.4 Å². The molecule has 8 N–H and O–H groups in total. The van der Waals surface area contributed by atoms with Crippen LogP contribution in [0.4, 0.5) is 5.82 Å². The Balaban J connectivity index is 1.41. The van der Waals surface area contributed by atoms with Crippen molar-refractivity contribution in [2.75, 3.05) is 19.5 Å². The van der Waals surface area contributed by atoms with Crippen LogP contribution in [-0.4, -0.2) is 80.9 Å². The van der Waals surface area contributed by atoms with E-state index in [4.69, 9.17) is 29.1 Å². The summed E-state index contributed by atoms with van der Waals surface area (Å²) in [5.74, 6) is -1.58. The zero-order valence-corrected chi connectivity index (χ0v) is 22.1. The van der Waals surface area contributed by atoms with Gasteiger partial charge in [-0.15, -0.1) is 0 Å². The molecule has 1 aliphatic heterocycles. The monoisotopic (exact) mass is 584 g/mol. The highest BCUT2D eigenvalue weighted by molar-refractivity contribution is 5.89. The van der Waals surface area contributed by atoms with Crippen molar-refractivity contribution in [2.24, 2.45) is 0 Å². The molecule has 222 valence electrons. The van der Waals surface area contributed by atoms with Gasteiger partial charge in [-0.25, -0.2) is 4.79 Å². The van der Waals surface area contributed by atoms with Crippen molar-refractivity contribution in [1.29, 1.82) is 0 Å². The molecule has 0 saturated carbocycles. The van der Waals surface area contributed by atoms with Crippen LogP contribution in [0, 0.1) is 0 Å². The first kappa shape index (κ1) is 28.8. The molecule has 2 aromatic carbocycles. The molecule has 42 heavy (non-hydrogen) atoms. The molecule has 5 rings (SSSR count). The van der Waals surface area contributed by atoms with Crippen LogP contribution in [-0.2, 0) is 16.0 Å². The molecule has 0 aliphatic carbocycles. The first-order chi connectivity index (χ1) is 20.1. The SMILES string of the molecule is COc1c(OC2OC(C(=O)O)C(O)C(O)C2O)cc2oc(-c3ccc(OCCc4ccc(N)[nH]4)cc3)cc(=O)c2c1O. The van der Waals surface area contributed by atoms with Crippen molar-refractivity contribution in [3.05, 3.63) is 64.4 Å². The van der Waals surface area contributed by atoms with Gasteiger partial charge in [0.1, 0.15) is 46.6 Å². The molecule has 5 atom stereocenters. The van der Waals surface area contributed by atoms with E-state index in [0.717, 1.165) is 5.69 Å². The van der Waals surface area contributed by atoms with Gasteiger partial charge in [-0.05, 0) is 36.4 Å². The van der Waals surface area contributed by atoms with Gasteiger partial charge >= 0.3 is 5.97 Å². The molecule has 0 amide bonds. The number of fused-ring (bicyclic) bond motifs is 1. The van der Waals surface area contributed by atoms with Crippen molar-refractivity contribution < 1.29 is 53.7 Å². The highest BCUT2D eigenvalue weighted by atomic mass is 16.7. The molecule has 5 unspecified atom stereocenters. The number of hydrogen-bond donors (Lipinski definition) is 7. The normalized spacial score (nSPS) is 22.1. The van der Waals surface area contributed by atoms with E-state index < -0.39 is 47.9 Å². The van der Waals surface area contributed by atoms with Gasteiger partial charge in [0.15, 0.2) is 23.0 Å². The van der Waals surface area contributed by atoms with Crippen LogP contribution >= 0.6 is 0 Å². The number of nitrogens with one attached hydrogen (secondary N) is 1. The van der Waals surface area contributed by atoms with Gasteiger partial charge < -0.3 is 59.6 Å². The number of benzene rings is 2. The maximum absolute atomic E-state index is 13.0. The molecular formula is C28H28N2O12. The first-order valence-electron chi connectivity index (χ1n) is 12.7. The number of phenolic OH excluding ortho intramolecular Hbond substituents is 1. The van der Waals surface area contributed by atoms with Crippen molar-refractivity contribution in [2.45, 2.75) is 37.1 Å². The second kappa shape index (κ2) is 11.6. The van der Waals surface area contributed by atoms with Gasteiger partial charge in [0.25, 0.3) is 0 Å². The quantitative estimate of drug-likeness (QED) is 0.146. The highest BCUT2D eigenvalue weighted by Crippen LogP contribution is 2.43. The summed E-state index contributed by atoms with van der Waals surface area (Å²) >= 11 is 0. The third-order valence-electron chi connectivity index (χ3n) is 6.72. The zero-order valence-electron chi connectivity index (χ0n) is 22.1. The van der Waals surface area contributed by atoms with E-state index >= 15 is 0 Å². The van der Waals surface area contributed by atoms with Crippen LogP contribution in [0.15, 0.2) is 57.7 Å². The molecule has 0 spiro atoms. The number of aromatic amines is 1. The average Bonchev–Trinajstić information content (AvgIpc) is 3.38. The Labute approximate surface area is 237 Å². The number of aromatic hydroxyl groups is 1. The number of nitrogen functional groups attached to an aromatic ring is 1. The second-order valence-corrected chi connectivity index (χ2v) is 9.52. The molecule has 0 bridgehead atoms. The number of aromatic nitrogens is 1. The number of anilines is 1.